The van der Waals surface area contributed by atoms with Crippen molar-refractivity contribution in [3.8, 4) is 0 Å². The third-order valence-electron chi connectivity index (χ3n) is 4.61. The molecule has 0 bridgehead atoms. The maximum atomic E-state index is 12.6. The van der Waals surface area contributed by atoms with E-state index in [9.17, 15) is 14.4 Å². The van der Waals surface area contributed by atoms with Crippen LogP contribution < -0.4 is 5.32 Å². The van der Waals surface area contributed by atoms with Crippen LogP contribution in [0.4, 0.5) is 10.5 Å². The van der Waals surface area contributed by atoms with Crippen LogP contribution in [-0.4, -0.2) is 35.3 Å². The van der Waals surface area contributed by atoms with Crippen molar-refractivity contribution in [3.05, 3.63) is 70.1 Å². The first-order chi connectivity index (χ1) is 14.4. The van der Waals surface area contributed by atoms with E-state index in [4.69, 9.17) is 4.74 Å². The summed E-state index contributed by atoms with van der Waals surface area (Å²) in [5.41, 5.74) is 3.24. The highest BCUT2D eigenvalue weighted by atomic mass is 32.2. The Hall–Kier alpha value is -3.06. The SMILES string of the molecule is CCOC(=O)c1ccc(NCN2C(=O)S/C(=C\c3ccc(C(C)C)cc3)C2=O)cc1. The zero-order valence-electron chi connectivity index (χ0n) is 17.2. The lowest BCUT2D eigenvalue weighted by Gasteiger charge is -2.14. The molecule has 1 aliphatic heterocycles. The summed E-state index contributed by atoms with van der Waals surface area (Å²) in [5.74, 6) is -0.279. The van der Waals surface area contributed by atoms with E-state index in [0.29, 0.717) is 28.7 Å². The van der Waals surface area contributed by atoms with Crippen molar-refractivity contribution >= 4 is 40.6 Å². The largest absolute Gasteiger partial charge is 0.462 e. The standard InChI is InChI=1S/C23H24N2O4S/c1-4-29-22(27)18-9-11-19(12-10-18)24-14-25-21(26)20(30-23(25)28)13-16-5-7-17(8-6-16)15(2)3/h5-13,15,24H,4,14H2,1-3H3/b20-13-. The van der Waals surface area contributed by atoms with Gasteiger partial charge in [0.15, 0.2) is 0 Å². The van der Waals surface area contributed by atoms with Gasteiger partial charge in [-0.25, -0.2) is 4.79 Å². The Morgan fingerprint density at radius 1 is 1.10 bits per heavy atom. The molecule has 2 aromatic carbocycles. The van der Waals surface area contributed by atoms with Crippen LogP contribution in [0.3, 0.4) is 0 Å². The fourth-order valence-corrected chi connectivity index (χ4v) is 3.71. The average molecular weight is 425 g/mol. The predicted molar refractivity (Wildman–Crippen MR) is 119 cm³/mol. The molecule has 1 aliphatic rings. The van der Waals surface area contributed by atoms with Gasteiger partial charge >= 0.3 is 5.97 Å². The number of nitrogens with zero attached hydrogens (tertiary/aromatic N) is 1. The second-order valence-electron chi connectivity index (χ2n) is 7.06. The molecule has 30 heavy (non-hydrogen) atoms. The number of carbonyl (C=O) groups excluding carboxylic acids is 3. The minimum absolute atomic E-state index is 0.0487. The highest BCUT2D eigenvalue weighted by molar-refractivity contribution is 8.18. The van der Waals surface area contributed by atoms with E-state index in [1.165, 1.54) is 5.56 Å². The molecule has 6 nitrogen and oxygen atoms in total. The van der Waals surface area contributed by atoms with E-state index in [2.05, 4.69) is 19.2 Å². The molecule has 1 N–H and O–H groups in total. The number of anilines is 1. The molecule has 0 unspecified atom stereocenters. The molecule has 156 valence electrons. The van der Waals surface area contributed by atoms with Gasteiger partial charge in [-0.05, 0) is 66.1 Å². The van der Waals surface area contributed by atoms with E-state index in [0.717, 1.165) is 22.2 Å². The Morgan fingerprint density at radius 3 is 2.37 bits per heavy atom. The van der Waals surface area contributed by atoms with Crippen LogP contribution in [0.1, 0.15) is 48.2 Å². The van der Waals surface area contributed by atoms with Gasteiger partial charge in [0.25, 0.3) is 11.1 Å². The van der Waals surface area contributed by atoms with Gasteiger partial charge in [0.1, 0.15) is 0 Å². The molecule has 0 radical (unpaired) electrons. The molecule has 2 amide bonds. The van der Waals surface area contributed by atoms with Gasteiger partial charge in [-0.3, -0.25) is 14.5 Å². The first kappa shape index (κ1) is 21.6. The average Bonchev–Trinajstić information content (AvgIpc) is 3.00. The molecule has 1 fully saturated rings. The number of ether oxygens (including phenoxy) is 1. The number of hydrogen-bond donors (Lipinski definition) is 1. The molecular weight excluding hydrogens is 400 g/mol. The third kappa shape index (κ3) is 5.10. The number of imide groups is 1. The van der Waals surface area contributed by atoms with Crippen molar-refractivity contribution in [1.82, 2.24) is 4.90 Å². The molecule has 0 aliphatic carbocycles. The Kier molecular flexibility index (Phi) is 6.95. The van der Waals surface area contributed by atoms with Crippen LogP contribution in [0.5, 0.6) is 0 Å². The number of hydrogen-bond acceptors (Lipinski definition) is 6. The topological polar surface area (TPSA) is 75.7 Å². The molecule has 2 aromatic rings. The lowest BCUT2D eigenvalue weighted by Crippen LogP contribution is -2.33. The highest BCUT2D eigenvalue weighted by Gasteiger charge is 2.34. The maximum Gasteiger partial charge on any atom is 0.338 e. The molecule has 0 saturated carbocycles. The second kappa shape index (κ2) is 9.63. The summed E-state index contributed by atoms with van der Waals surface area (Å²) in [7, 11) is 0. The maximum absolute atomic E-state index is 12.6. The number of nitrogens with one attached hydrogen (secondary N) is 1. The van der Waals surface area contributed by atoms with E-state index < -0.39 is 0 Å². The summed E-state index contributed by atoms with van der Waals surface area (Å²) in [6.45, 7) is 6.36. The summed E-state index contributed by atoms with van der Waals surface area (Å²) < 4.78 is 4.95. The Morgan fingerprint density at radius 2 is 1.77 bits per heavy atom. The molecule has 0 aromatic heterocycles. The second-order valence-corrected chi connectivity index (χ2v) is 8.06. The van der Waals surface area contributed by atoms with Crippen LogP contribution in [-0.2, 0) is 9.53 Å². The monoisotopic (exact) mass is 424 g/mol. The highest BCUT2D eigenvalue weighted by Crippen LogP contribution is 2.32. The van der Waals surface area contributed by atoms with Gasteiger partial charge in [-0.15, -0.1) is 0 Å². The van der Waals surface area contributed by atoms with Crippen LogP contribution >= 0.6 is 11.8 Å². The van der Waals surface area contributed by atoms with Crippen molar-refractivity contribution in [1.29, 1.82) is 0 Å². The zero-order valence-corrected chi connectivity index (χ0v) is 18.0. The molecule has 1 saturated heterocycles. The number of carbonyl (C=O) groups is 3. The van der Waals surface area contributed by atoms with Crippen LogP contribution in [0.15, 0.2) is 53.4 Å². The quantitative estimate of drug-likeness (QED) is 0.493. The fraction of sp³-hybridized carbons (Fsp3) is 0.261. The summed E-state index contributed by atoms with van der Waals surface area (Å²) in [5, 5.41) is 2.72. The van der Waals surface area contributed by atoms with Gasteiger partial charge < -0.3 is 10.1 Å². The summed E-state index contributed by atoms with van der Waals surface area (Å²) in [4.78, 5) is 38.2. The Bertz CT molecular complexity index is 966. The minimum Gasteiger partial charge on any atom is -0.462 e. The van der Waals surface area contributed by atoms with Gasteiger partial charge in [0.05, 0.1) is 23.7 Å². The number of rotatable bonds is 7. The third-order valence-corrected chi connectivity index (χ3v) is 5.52. The minimum atomic E-state index is -0.387. The van der Waals surface area contributed by atoms with Crippen molar-refractivity contribution < 1.29 is 19.1 Å². The normalized spacial score (nSPS) is 15.2. The van der Waals surface area contributed by atoms with Gasteiger partial charge in [-0.2, -0.15) is 0 Å². The number of thioether (sulfide) groups is 1. The molecule has 1 heterocycles. The van der Waals surface area contributed by atoms with Crippen LogP contribution in [0.2, 0.25) is 0 Å². The van der Waals surface area contributed by atoms with Gasteiger partial charge in [0, 0.05) is 5.69 Å². The van der Waals surface area contributed by atoms with Crippen LogP contribution in [0, 0.1) is 0 Å². The first-order valence-electron chi connectivity index (χ1n) is 9.75. The number of esters is 1. The van der Waals surface area contributed by atoms with Crippen molar-refractivity contribution in [2.45, 2.75) is 26.7 Å². The van der Waals surface area contributed by atoms with E-state index in [-0.39, 0.29) is 23.8 Å². The first-order valence-corrected chi connectivity index (χ1v) is 10.6. The van der Waals surface area contributed by atoms with E-state index in [1.807, 2.05) is 24.3 Å². The molecule has 3 rings (SSSR count). The smallest absolute Gasteiger partial charge is 0.338 e. The zero-order chi connectivity index (χ0) is 21.7. The van der Waals surface area contributed by atoms with Crippen LogP contribution in [0.25, 0.3) is 6.08 Å². The van der Waals surface area contributed by atoms with E-state index >= 15 is 0 Å². The number of amides is 2. The molecule has 7 heteroatoms. The fourth-order valence-electron chi connectivity index (χ4n) is 2.87. The molecular formula is C23H24N2O4S. The Balaban J connectivity index is 1.63. The lowest BCUT2D eigenvalue weighted by molar-refractivity contribution is -0.122. The molecule has 0 spiro atoms. The van der Waals surface area contributed by atoms with Crippen molar-refractivity contribution in [2.24, 2.45) is 0 Å². The predicted octanol–water partition coefficient (Wildman–Crippen LogP) is 5.09. The van der Waals surface area contributed by atoms with Crippen molar-refractivity contribution in [2.75, 3.05) is 18.6 Å². The van der Waals surface area contributed by atoms with E-state index in [1.54, 1.807) is 37.3 Å². The summed E-state index contributed by atoms with van der Waals surface area (Å²) in [6, 6.07) is 14.6. The lowest BCUT2D eigenvalue weighted by atomic mass is 10.0. The summed E-state index contributed by atoms with van der Waals surface area (Å²) >= 11 is 0.931. The van der Waals surface area contributed by atoms with Gasteiger partial charge in [0.2, 0.25) is 0 Å². The Labute approximate surface area is 180 Å². The van der Waals surface area contributed by atoms with Gasteiger partial charge in [-0.1, -0.05) is 38.1 Å². The summed E-state index contributed by atoms with van der Waals surface area (Å²) in [6.07, 6.45) is 1.74. The molecule has 0 atom stereocenters. The van der Waals surface area contributed by atoms with Crippen molar-refractivity contribution in [3.63, 3.8) is 0 Å². The number of benzene rings is 2.